The summed E-state index contributed by atoms with van der Waals surface area (Å²) in [5.74, 6) is -1.32. The zero-order valence-corrected chi connectivity index (χ0v) is 12.8. The van der Waals surface area contributed by atoms with Gasteiger partial charge in [0.15, 0.2) is 0 Å². The molecule has 0 radical (unpaired) electrons. The zero-order chi connectivity index (χ0) is 18.0. The summed E-state index contributed by atoms with van der Waals surface area (Å²) in [6.07, 6.45) is 3.20. The summed E-state index contributed by atoms with van der Waals surface area (Å²) in [6.45, 7) is 0.571. The molecule has 9 nitrogen and oxygen atoms in total. The molecule has 0 bridgehead atoms. The SMILES string of the molecule is O=c1[nH]c(/C=C/C2CNNC2c2ccc(F)cc2)nc(O)c1[N+](=O)[O-]. The highest BCUT2D eigenvalue weighted by molar-refractivity contribution is 5.46. The number of H-pyrrole nitrogens is 1. The number of benzene rings is 1. The lowest BCUT2D eigenvalue weighted by Gasteiger charge is -2.15. The predicted molar refractivity (Wildman–Crippen MR) is 86.0 cm³/mol. The van der Waals surface area contributed by atoms with Gasteiger partial charge in [0.2, 0.25) is 0 Å². The number of nitrogens with one attached hydrogen (secondary N) is 3. The summed E-state index contributed by atoms with van der Waals surface area (Å²) in [5.41, 5.74) is 4.91. The fourth-order valence-corrected chi connectivity index (χ4v) is 2.62. The number of rotatable bonds is 4. The van der Waals surface area contributed by atoms with Crippen LogP contribution in [0.2, 0.25) is 0 Å². The van der Waals surface area contributed by atoms with Crippen LogP contribution in [0.5, 0.6) is 5.88 Å². The van der Waals surface area contributed by atoms with Gasteiger partial charge < -0.3 is 10.1 Å². The number of nitro groups is 1. The monoisotopic (exact) mass is 347 g/mol. The molecular formula is C15H14FN5O4. The number of hydrogen-bond donors (Lipinski definition) is 4. The zero-order valence-electron chi connectivity index (χ0n) is 12.8. The average molecular weight is 347 g/mol. The van der Waals surface area contributed by atoms with Crippen LogP contribution >= 0.6 is 0 Å². The first kappa shape index (κ1) is 16.7. The second-order valence-electron chi connectivity index (χ2n) is 5.46. The van der Waals surface area contributed by atoms with Crippen LogP contribution in [0.25, 0.3) is 6.08 Å². The maximum atomic E-state index is 13.0. The Kier molecular flexibility index (Phi) is 4.55. The number of hydrogen-bond acceptors (Lipinski definition) is 7. The lowest BCUT2D eigenvalue weighted by Crippen LogP contribution is -2.24. The Morgan fingerprint density at radius 2 is 2.08 bits per heavy atom. The van der Waals surface area contributed by atoms with E-state index in [-0.39, 0.29) is 23.6 Å². The van der Waals surface area contributed by atoms with Gasteiger partial charge in [0.1, 0.15) is 11.6 Å². The van der Waals surface area contributed by atoms with E-state index in [1.54, 1.807) is 18.2 Å². The number of aromatic amines is 1. The lowest BCUT2D eigenvalue weighted by atomic mass is 9.94. The van der Waals surface area contributed by atoms with Gasteiger partial charge >= 0.3 is 11.2 Å². The minimum atomic E-state index is -1.03. The average Bonchev–Trinajstić information content (AvgIpc) is 3.01. The number of nitrogens with zero attached hydrogens (tertiary/aromatic N) is 2. The van der Waals surface area contributed by atoms with Crippen LogP contribution in [0.1, 0.15) is 17.4 Å². The van der Waals surface area contributed by atoms with Crippen molar-refractivity contribution in [2.75, 3.05) is 6.54 Å². The molecule has 0 saturated carbocycles. The highest BCUT2D eigenvalue weighted by Crippen LogP contribution is 2.26. The van der Waals surface area contributed by atoms with E-state index in [1.165, 1.54) is 18.2 Å². The van der Waals surface area contributed by atoms with Crippen LogP contribution in [0.4, 0.5) is 10.1 Å². The van der Waals surface area contributed by atoms with Crippen molar-refractivity contribution in [3.05, 3.63) is 68.0 Å². The Bertz CT molecular complexity index is 880. The van der Waals surface area contributed by atoms with Gasteiger partial charge in [-0.2, -0.15) is 4.98 Å². The van der Waals surface area contributed by atoms with Gasteiger partial charge in [0.05, 0.1) is 11.0 Å². The van der Waals surface area contributed by atoms with E-state index in [9.17, 15) is 24.4 Å². The molecule has 1 aromatic heterocycles. The van der Waals surface area contributed by atoms with Crippen LogP contribution in [-0.4, -0.2) is 26.5 Å². The number of halogens is 1. The minimum Gasteiger partial charge on any atom is -0.488 e. The molecular weight excluding hydrogens is 333 g/mol. The molecule has 2 unspecified atom stereocenters. The summed E-state index contributed by atoms with van der Waals surface area (Å²) in [4.78, 5) is 27.1. The summed E-state index contributed by atoms with van der Waals surface area (Å²) < 4.78 is 13.0. The Morgan fingerprint density at radius 1 is 1.36 bits per heavy atom. The van der Waals surface area contributed by atoms with Crippen LogP contribution in [0.3, 0.4) is 0 Å². The van der Waals surface area contributed by atoms with Gasteiger partial charge in [-0.1, -0.05) is 18.2 Å². The van der Waals surface area contributed by atoms with E-state index in [4.69, 9.17) is 0 Å². The molecule has 2 atom stereocenters. The van der Waals surface area contributed by atoms with Crippen molar-refractivity contribution in [3.63, 3.8) is 0 Å². The largest absolute Gasteiger partial charge is 0.488 e. The van der Waals surface area contributed by atoms with Gasteiger partial charge in [-0.3, -0.25) is 20.3 Å². The standard InChI is InChI=1S/C15H14FN5O4/c16-10-4-1-8(2-5-10)12-9(7-17-20-12)3-6-11-18-14(22)13(21(24)25)15(23)19-11/h1-6,9,12,17,20H,7H2,(H2,18,19,22,23)/b6-3+. The van der Waals surface area contributed by atoms with Crippen molar-refractivity contribution in [1.82, 2.24) is 20.8 Å². The van der Waals surface area contributed by atoms with Gasteiger partial charge in [-0.25, -0.2) is 9.82 Å². The van der Waals surface area contributed by atoms with E-state index in [0.717, 1.165) is 5.56 Å². The number of hydrazine groups is 1. The predicted octanol–water partition coefficient (Wildman–Crippen LogP) is 1.00. The summed E-state index contributed by atoms with van der Waals surface area (Å²) >= 11 is 0. The molecule has 130 valence electrons. The fourth-order valence-electron chi connectivity index (χ4n) is 2.62. The fraction of sp³-hybridized carbons (Fsp3) is 0.200. The molecule has 0 aliphatic carbocycles. The van der Waals surface area contributed by atoms with Crippen molar-refractivity contribution < 1.29 is 14.4 Å². The van der Waals surface area contributed by atoms with Crippen molar-refractivity contribution in [2.45, 2.75) is 6.04 Å². The molecule has 0 amide bonds. The van der Waals surface area contributed by atoms with Crippen molar-refractivity contribution >= 4 is 11.8 Å². The highest BCUT2D eigenvalue weighted by Gasteiger charge is 2.26. The van der Waals surface area contributed by atoms with Crippen LogP contribution in [-0.2, 0) is 0 Å². The maximum absolute atomic E-state index is 13.0. The quantitative estimate of drug-likeness (QED) is 0.479. The summed E-state index contributed by atoms with van der Waals surface area (Å²) in [5, 5.41) is 20.2. The van der Waals surface area contributed by atoms with Crippen molar-refractivity contribution in [1.29, 1.82) is 0 Å². The first-order chi connectivity index (χ1) is 12.0. The Labute approximate surface area is 140 Å². The van der Waals surface area contributed by atoms with Crippen molar-refractivity contribution in [2.24, 2.45) is 5.92 Å². The smallest absolute Gasteiger partial charge is 0.395 e. The molecule has 25 heavy (non-hydrogen) atoms. The molecule has 4 N–H and O–H groups in total. The van der Waals surface area contributed by atoms with Crippen LogP contribution in [0, 0.1) is 21.8 Å². The number of aromatic hydroxyl groups is 1. The van der Waals surface area contributed by atoms with Crippen molar-refractivity contribution in [3.8, 4) is 5.88 Å². The molecule has 1 fully saturated rings. The lowest BCUT2D eigenvalue weighted by molar-refractivity contribution is -0.387. The topological polar surface area (TPSA) is 133 Å². The first-order valence-electron chi connectivity index (χ1n) is 7.35. The molecule has 0 spiro atoms. The molecule has 2 heterocycles. The van der Waals surface area contributed by atoms with E-state index in [2.05, 4.69) is 20.8 Å². The molecule has 1 aromatic carbocycles. The molecule has 1 aliphatic heterocycles. The third kappa shape index (κ3) is 3.54. The van der Waals surface area contributed by atoms with Gasteiger partial charge in [-0.15, -0.1) is 0 Å². The molecule has 1 saturated heterocycles. The van der Waals surface area contributed by atoms with E-state index in [0.29, 0.717) is 6.54 Å². The summed E-state index contributed by atoms with van der Waals surface area (Å²) in [6, 6.07) is 5.93. The third-order valence-corrected chi connectivity index (χ3v) is 3.83. The van der Waals surface area contributed by atoms with E-state index < -0.39 is 22.0 Å². The second kappa shape index (κ2) is 6.79. The highest BCUT2D eigenvalue weighted by atomic mass is 19.1. The molecule has 3 rings (SSSR count). The Balaban J connectivity index is 1.82. The minimum absolute atomic E-state index is 0.00199. The van der Waals surface area contributed by atoms with Gasteiger partial charge in [0, 0.05) is 12.5 Å². The second-order valence-corrected chi connectivity index (χ2v) is 5.46. The normalized spacial score (nSPS) is 20.2. The summed E-state index contributed by atoms with van der Waals surface area (Å²) in [7, 11) is 0. The van der Waals surface area contributed by atoms with Crippen LogP contribution in [0.15, 0.2) is 35.1 Å². The Hall–Kier alpha value is -3.11. The molecule has 10 heteroatoms. The Morgan fingerprint density at radius 3 is 2.72 bits per heavy atom. The number of aromatic nitrogens is 2. The van der Waals surface area contributed by atoms with Gasteiger partial charge in [-0.05, 0) is 23.8 Å². The van der Waals surface area contributed by atoms with Crippen LogP contribution < -0.4 is 16.4 Å². The maximum Gasteiger partial charge on any atom is 0.395 e. The molecule has 2 aromatic rings. The van der Waals surface area contributed by atoms with E-state index >= 15 is 0 Å². The van der Waals surface area contributed by atoms with Gasteiger partial charge in [0.25, 0.3) is 5.88 Å². The first-order valence-corrected chi connectivity index (χ1v) is 7.35. The van der Waals surface area contributed by atoms with E-state index in [1.807, 2.05) is 0 Å². The molecule has 1 aliphatic rings. The third-order valence-electron chi connectivity index (χ3n) is 3.83.